The third-order valence-electron chi connectivity index (χ3n) is 2.84. The molecule has 0 spiro atoms. The number of aromatic amines is 1. The number of hydrogen-bond donors (Lipinski definition) is 1. The number of aromatic nitrogens is 1. The molecule has 0 unspecified atom stereocenters. The van der Waals surface area contributed by atoms with Gasteiger partial charge in [0.25, 0.3) is 9.05 Å². The Morgan fingerprint density at radius 3 is 2.47 bits per heavy atom. The van der Waals surface area contributed by atoms with Crippen LogP contribution in [0, 0.1) is 13.8 Å². The van der Waals surface area contributed by atoms with E-state index in [0.717, 1.165) is 16.8 Å². The molecule has 17 heavy (non-hydrogen) atoms. The fourth-order valence-corrected chi connectivity index (χ4v) is 3.28. The molecule has 0 aliphatic carbocycles. The molecule has 6 heteroatoms. The molecular weight excluding hydrogens is 262 g/mol. The Morgan fingerprint density at radius 1 is 1.29 bits per heavy atom. The molecule has 92 valence electrons. The lowest BCUT2D eigenvalue weighted by Crippen LogP contribution is -1.97. The predicted molar refractivity (Wildman–Crippen MR) is 67.4 cm³/mol. The van der Waals surface area contributed by atoms with Crippen molar-refractivity contribution in [3.8, 4) is 5.75 Å². The lowest BCUT2D eigenvalue weighted by molar-refractivity contribution is 0.404. The molecule has 1 aromatic carbocycles. The quantitative estimate of drug-likeness (QED) is 0.856. The zero-order chi connectivity index (χ0) is 12.8. The van der Waals surface area contributed by atoms with Crippen LogP contribution in [0.4, 0.5) is 0 Å². The Bertz CT molecular complexity index is 688. The number of benzene rings is 1. The van der Waals surface area contributed by atoms with Crippen molar-refractivity contribution in [1.29, 1.82) is 0 Å². The fraction of sp³-hybridized carbons (Fsp3) is 0.273. The summed E-state index contributed by atoms with van der Waals surface area (Å²) in [5.41, 5.74) is 2.51. The number of rotatable bonds is 2. The summed E-state index contributed by atoms with van der Waals surface area (Å²) in [5.74, 6) is 0.259. The highest BCUT2D eigenvalue weighted by molar-refractivity contribution is 8.14. The average Bonchev–Trinajstić information content (AvgIpc) is 2.52. The minimum absolute atomic E-state index is 0.0287. The molecule has 1 heterocycles. The first kappa shape index (κ1) is 12.3. The van der Waals surface area contributed by atoms with E-state index >= 15 is 0 Å². The van der Waals surface area contributed by atoms with Gasteiger partial charge in [0.1, 0.15) is 10.6 Å². The lowest BCUT2D eigenvalue weighted by atomic mass is 10.1. The first-order valence-electron chi connectivity index (χ1n) is 4.96. The lowest BCUT2D eigenvalue weighted by Gasteiger charge is -2.07. The summed E-state index contributed by atoms with van der Waals surface area (Å²) in [6, 6.07) is 3.37. The van der Waals surface area contributed by atoms with Crippen molar-refractivity contribution < 1.29 is 13.2 Å². The minimum Gasteiger partial charge on any atom is -0.495 e. The first-order chi connectivity index (χ1) is 7.86. The van der Waals surface area contributed by atoms with Crippen LogP contribution in [0.5, 0.6) is 5.75 Å². The smallest absolute Gasteiger partial charge is 0.265 e. The van der Waals surface area contributed by atoms with Gasteiger partial charge in [0.2, 0.25) is 0 Å². The molecule has 0 fully saturated rings. The van der Waals surface area contributed by atoms with Crippen LogP contribution >= 0.6 is 10.7 Å². The van der Waals surface area contributed by atoms with E-state index < -0.39 is 9.05 Å². The summed E-state index contributed by atoms with van der Waals surface area (Å²) in [7, 11) is 3.05. The van der Waals surface area contributed by atoms with Crippen molar-refractivity contribution in [3.05, 3.63) is 23.4 Å². The van der Waals surface area contributed by atoms with Crippen LogP contribution < -0.4 is 4.74 Å². The number of hydrogen-bond acceptors (Lipinski definition) is 3. The van der Waals surface area contributed by atoms with E-state index in [9.17, 15) is 8.42 Å². The molecule has 4 nitrogen and oxygen atoms in total. The highest BCUT2D eigenvalue weighted by Crippen LogP contribution is 2.36. The van der Waals surface area contributed by atoms with Crippen LogP contribution in [0.3, 0.4) is 0 Å². The molecule has 0 amide bonds. The van der Waals surface area contributed by atoms with Crippen molar-refractivity contribution in [2.24, 2.45) is 0 Å². The normalized spacial score (nSPS) is 12.0. The Hall–Kier alpha value is -1.20. The Labute approximate surface area is 104 Å². The van der Waals surface area contributed by atoms with E-state index in [1.165, 1.54) is 7.11 Å². The van der Waals surface area contributed by atoms with Crippen LogP contribution in [0.2, 0.25) is 0 Å². The number of halogens is 1. The van der Waals surface area contributed by atoms with Gasteiger partial charge in [0.15, 0.2) is 0 Å². The van der Waals surface area contributed by atoms with Gasteiger partial charge in [-0.1, -0.05) is 0 Å². The molecule has 0 aliphatic rings. The number of nitrogens with one attached hydrogen (secondary N) is 1. The second-order valence-corrected chi connectivity index (χ2v) is 6.34. The van der Waals surface area contributed by atoms with Crippen LogP contribution in [0.15, 0.2) is 17.0 Å². The van der Waals surface area contributed by atoms with Gasteiger partial charge in [-0.05, 0) is 31.5 Å². The molecule has 0 saturated heterocycles. The van der Waals surface area contributed by atoms with Crippen molar-refractivity contribution in [3.63, 3.8) is 0 Å². The molecule has 2 aromatic rings. The van der Waals surface area contributed by atoms with Crippen molar-refractivity contribution in [2.45, 2.75) is 18.7 Å². The summed E-state index contributed by atoms with van der Waals surface area (Å²) in [4.78, 5) is 3.14. The summed E-state index contributed by atoms with van der Waals surface area (Å²) in [6.07, 6.45) is 0. The largest absolute Gasteiger partial charge is 0.495 e. The Kier molecular flexibility index (Phi) is 2.83. The van der Waals surface area contributed by atoms with Gasteiger partial charge in [0, 0.05) is 27.3 Å². The van der Waals surface area contributed by atoms with Crippen molar-refractivity contribution in [2.75, 3.05) is 7.11 Å². The highest BCUT2D eigenvalue weighted by atomic mass is 35.7. The van der Waals surface area contributed by atoms with Gasteiger partial charge < -0.3 is 9.72 Å². The van der Waals surface area contributed by atoms with Crippen LogP contribution in [-0.2, 0) is 9.05 Å². The minimum atomic E-state index is -3.85. The highest BCUT2D eigenvalue weighted by Gasteiger charge is 2.23. The van der Waals surface area contributed by atoms with Gasteiger partial charge in [-0.2, -0.15) is 0 Å². The molecular formula is C11H12ClNO3S. The maximum absolute atomic E-state index is 11.7. The van der Waals surface area contributed by atoms with Gasteiger partial charge >= 0.3 is 0 Å². The molecule has 0 saturated carbocycles. The third-order valence-corrected chi connectivity index (χ3v) is 4.20. The molecule has 0 aliphatic heterocycles. The second kappa shape index (κ2) is 3.92. The van der Waals surface area contributed by atoms with E-state index in [4.69, 9.17) is 15.4 Å². The topological polar surface area (TPSA) is 59.2 Å². The molecule has 1 aromatic heterocycles. The maximum atomic E-state index is 11.7. The van der Waals surface area contributed by atoms with Crippen LogP contribution in [-0.4, -0.2) is 20.5 Å². The van der Waals surface area contributed by atoms with Crippen molar-refractivity contribution in [1.82, 2.24) is 4.98 Å². The SMILES string of the molecule is COc1ccc2[nH]c(C)c(C)c2c1S(=O)(=O)Cl. The number of H-pyrrole nitrogens is 1. The maximum Gasteiger partial charge on any atom is 0.265 e. The fourth-order valence-electron chi connectivity index (χ4n) is 1.93. The summed E-state index contributed by atoms with van der Waals surface area (Å²) >= 11 is 0. The Balaban J connectivity index is 3.03. The number of methoxy groups -OCH3 is 1. The average molecular weight is 274 g/mol. The second-order valence-electron chi connectivity index (χ2n) is 3.83. The summed E-state index contributed by atoms with van der Waals surface area (Å²) in [5, 5.41) is 0.594. The molecule has 1 N–H and O–H groups in total. The van der Waals surface area contributed by atoms with E-state index in [1.807, 2.05) is 13.8 Å². The van der Waals surface area contributed by atoms with Gasteiger partial charge in [-0.3, -0.25) is 0 Å². The zero-order valence-corrected chi connectivity index (χ0v) is 11.2. The number of ether oxygens (including phenoxy) is 1. The van der Waals surface area contributed by atoms with E-state index in [2.05, 4.69) is 4.98 Å². The van der Waals surface area contributed by atoms with Gasteiger partial charge in [-0.25, -0.2) is 8.42 Å². The summed E-state index contributed by atoms with van der Waals surface area (Å²) in [6.45, 7) is 3.73. The zero-order valence-electron chi connectivity index (χ0n) is 9.67. The molecule has 0 atom stereocenters. The van der Waals surface area contributed by atoms with E-state index in [-0.39, 0.29) is 10.6 Å². The molecule has 2 rings (SSSR count). The third kappa shape index (κ3) is 1.89. The van der Waals surface area contributed by atoms with Crippen molar-refractivity contribution >= 4 is 30.6 Å². The summed E-state index contributed by atoms with van der Waals surface area (Å²) < 4.78 is 28.4. The van der Waals surface area contributed by atoms with Crippen LogP contribution in [0.25, 0.3) is 10.9 Å². The first-order valence-corrected chi connectivity index (χ1v) is 7.27. The predicted octanol–water partition coefficient (Wildman–Crippen LogP) is 2.72. The Morgan fingerprint density at radius 2 is 1.94 bits per heavy atom. The van der Waals surface area contributed by atoms with E-state index in [1.54, 1.807) is 12.1 Å². The number of aryl methyl sites for hydroxylation is 2. The van der Waals surface area contributed by atoms with E-state index in [0.29, 0.717) is 5.39 Å². The number of fused-ring (bicyclic) bond motifs is 1. The van der Waals surface area contributed by atoms with Gasteiger partial charge in [-0.15, -0.1) is 0 Å². The standard InChI is InChI=1S/C11H12ClNO3S/c1-6-7(2)13-8-4-5-9(16-3)11(10(6)8)17(12,14)15/h4-5,13H,1-3H3. The van der Waals surface area contributed by atoms with Crippen LogP contribution in [0.1, 0.15) is 11.3 Å². The molecule has 0 radical (unpaired) electrons. The van der Waals surface area contributed by atoms with Gasteiger partial charge in [0.05, 0.1) is 7.11 Å². The molecule has 0 bridgehead atoms. The monoisotopic (exact) mass is 273 g/mol.